The molecule has 1 aliphatic heterocycles. The molecule has 4 heteroatoms. The van der Waals surface area contributed by atoms with Crippen molar-refractivity contribution in [2.45, 2.75) is 25.9 Å². The number of aliphatic carboxylic acids is 1. The standard InChI is InChI=1S/C7H10N2O2/c1-4-5(2)9-6(3-8-4)7(10)11/h3-4,6H,1-2H3,(H,10,11). The van der Waals surface area contributed by atoms with Gasteiger partial charge in [0.15, 0.2) is 6.04 Å². The van der Waals surface area contributed by atoms with E-state index in [1.807, 2.05) is 6.92 Å². The lowest BCUT2D eigenvalue weighted by Gasteiger charge is -2.13. The summed E-state index contributed by atoms with van der Waals surface area (Å²) in [6, 6.07) is -0.739. The summed E-state index contributed by atoms with van der Waals surface area (Å²) >= 11 is 0. The first kappa shape index (κ1) is 7.91. The summed E-state index contributed by atoms with van der Waals surface area (Å²) in [5.74, 6) is -0.944. The topological polar surface area (TPSA) is 62.0 Å². The van der Waals surface area contributed by atoms with Gasteiger partial charge >= 0.3 is 5.97 Å². The summed E-state index contributed by atoms with van der Waals surface area (Å²) in [6.45, 7) is 3.67. The molecule has 0 aromatic rings. The normalized spacial score (nSPS) is 29.8. The third-order valence-corrected chi connectivity index (χ3v) is 1.65. The first-order valence-electron chi connectivity index (χ1n) is 3.41. The molecule has 1 aliphatic rings. The van der Waals surface area contributed by atoms with Crippen LogP contribution in [0.2, 0.25) is 0 Å². The highest BCUT2D eigenvalue weighted by Gasteiger charge is 2.18. The number of carbonyl (C=O) groups is 1. The second kappa shape index (κ2) is 2.82. The van der Waals surface area contributed by atoms with Crippen molar-refractivity contribution in [2.24, 2.45) is 9.98 Å². The summed E-state index contributed by atoms with van der Waals surface area (Å²) in [4.78, 5) is 18.3. The van der Waals surface area contributed by atoms with Gasteiger partial charge in [-0.3, -0.25) is 9.98 Å². The van der Waals surface area contributed by atoms with E-state index >= 15 is 0 Å². The minimum atomic E-state index is -0.944. The molecule has 2 unspecified atom stereocenters. The molecular weight excluding hydrogens is 144 g/mol. The fraction of sp³-hybridized carbons (Fsp3) is 0.571. The lowest BCUT2D eigenvalue weighted by atomic mass is 10.2. The SMILES string of the molecule is CC1=NC(C(=O)O)C=NC1C. The van der Waals surface area contributed by atoms with E-state index in [9.17, 15) is 4.79 Å². The van der Waals surface area contributed by atoms with Gasteiger partial charge < -0.3 is 5.11 Å². The van der Waals surface area contributed by atoms with Crippen molar-refractivity contribution in [1.29, 1.82) is 0 Å². The molecule has 0 aromatic carbocycles. The molecular formula is C7H10N2O2. The Morgan fingerprint density at radius 3 is 2.82 bits per heavy atom. The lowest BCUT2D eigenvalue weighted by molar-refractivity contribution is -0.136. The molecule has 0 saturated heterocycles. The number of carboxylic acids is 1. The third-order valence-electron chi connectivity index (χ3n) is 1.65. The maximum absolute atomic E-state index is 10.4. The fourth-order valence-corrected chi connectivity index (χ4v) is 0.798. The minimum Gasteiger partial charge on any atom is -0.479 e. The monoisotopic (exact) mass is 154 g/mol. The molecule has 60 valence electrons. The first-order chi connectivity index (χ1) is 5.11. The molecule has 1 N–H and O–H groups in total. The highest BCUT2D eigenvalue weighted by molar-refractivity contribution is 6.01. The van der Waals surface area contributed by atoms with E-state index in [0.717, 1.165) is 5.71 Å². The smallest absolute Gasteiger partial charge is 0.334 e. The van der Waals surface area contributed by atoms with Crippen LogP contribution in [0.4, 0.5) is 0 Å². The number of carboxylic acid groups (broad SMARTS) is 1. The average Bonchev–Trinajstić information content (AvgIpc) is 1.94. The number of hydrogen-bond acceptors (Lipinski definition) is 3. The summed E-state index contributed by atoms with van der Waals surface area (Å²) in [5, 5.41) is 8.54. The molecule has 0 fully saturated rings. The summed E-state index contributed by atoms with van der Waals surface area (Å²) in [6.07, 6.45) is 1.38. The van der Waals surface area contributed by atoms with Crippen molar-refractivity contribution in [3.63, 3.8) is 0 Å². The Morgan fingerprint density at radius 2 is 2.36 bits per heavy atom. The fourth-order valence-electron chi connectivity index (χ4n) is 0.798. The zero-order valence-electron chi connectivity index (χ0n) is 6.48. The Morgan fingerprint density at radius 1 is 1.73 bits per heavy atom. The molecule has 1 rings (SSSR count). The van der Waals surface area contributed by atoms with Crippen molar-refractivity contribution < 1.29 is 9.90 Å². The van der Waals surface area contributed by atoms with Gasteiger partial charge in [-0.15, -0.1) is 0 Å². The number of rotatable bonds is 1. The lowest BCUT2D eigenvalue weighted by Crippen LogP contribution is -2.28. The number of aliphatic imine (C=N–C) groups is 2. The van der Waals surface area contributed by atoms with Gasteiger partial charge in [0.2, 0.25) is 0 Å². The van der Waals surface area contributed by atoms with Crippen molar-refractivity contribution in [3.8, 4) is 0 Å². The third kappa shape index (κ3) is 1.63. The first-order valence-corrected chi connectivity index (χ1v) is 3.41. The molecule has 0 radical (unpaired) electrons. The molecule has 0 aromatic heterocycles. The highest BCUT2D eigenvalue weighted by atomic mass is 16.4. The molecule has 4 nitrogen and oxygen atoms in total. The number of nitrogens with zero attached hydrogens (tertiary/aromatic N) is 2. The van der Waals surface area contributed by atoms with Gasteiger partial charge in [0.1, 0.15) is 0 Å². The van der Waals surface area contributed by atoms with Crippen molar-refractivity contribution in [1.82, 2.24) is 0 Å². The molecule has 0 amide bonds. The van der Waals surface area contributed by atoms with E-state index < -0.39 is 12.0 Å². The predicted molar refractivity (Wildman–Crippen MR) is 42.5 cm³/mol. The maximum Gasteiger partial charge on any atom is 0.334 e. The van der Waals surface area contributed by atoms with Gasteiger partial charge in [-0.25, -0.2) is 4.79 Å². The zero-order chi connectivity index (χ0) is 8.43. The van der Waals surface area contributed by atoms with Crippen LogP contribution >= 0.6 is 0 Å². The zero-order valence-corrected chi connectivity index (χ0v) is 6.48. The van der Waals surface area contributed by atoms with Crippen LogP contribution in [-0.2, 0) is 4.79 Å². The maximum atomic E-state index is 10.4. The van der Waals surface area contributed by atoms with Crippen LogP contribution in [0.25, 0.3) is 0 Å². The summed E-state index contributed by atoms with van der Waals surface area (Å²) < 4.78 is 0. The second-order valence-corrected chi connectivity index (χ2v) is 2.53. The van der Waals surface area contributed by atoms with Gasteiger partial charge in [0, 0.05) is 11.9 Å². The van der Waals surface area contributed by atoms with E-state index in [0.29, 0.717) is 0 Å². The predicted octanol–water partition coefficient (Wildman–Crippen LogP) is 0.373. The Kier molecular flexibility index (Phi) is 2.03. The van der Waals surface area contributed by atoms with Crippen LogP contribution < -0.4 is 0 Å². The van der Waals surface area contributed by atoms with Crippen molar-refractivity contribution in [2.75, 3.05) is 0 Å². The quantitative estimate of drug-likeness (QED) is 0.593. The van der Waals surface area contributed by atoms with E-state index in [4.69, 9.17) is 5.11 Å². The Balaban J connectivity index is 2.77. The van der Waals surface area contributed by atoms with E-state index in [1.165, 1.54) is 6.21 Å². The summed E-state index contributed by atoms with van der Waals surface area (Å²) in [7, 11) is 0. The largest absolute Gasteiger partial charge is 0.479 e. The molecule has 0 saturated carbocycles. The molecule has 0 bridgehead atoms. The van der Waals surface area contributed by atoms with Crippen molar-refractivity contribution in [3.05, 3.63) is 0 Å². The molecule has 0 aliphatic carbocycles. The molecule has 0 spiro atoms. The van der Waals surface area contributed by atoms with E-state index in [1.54, 1.807) is 6.92 Å². The second-order valence-electron chi connectivity index (χ2n) is 2.53. The van der Waals surface area contributed by atoms with E-state index in [2.05, 4.69) is 9.98 Å². The highest BCUT2D eigenvalue weighted by Crippen LogP contribution is 2.03. The molecule has 1 heterocycles. The Hall–Kier alpha value is -1.19. The average molecular weight is 154 g/mol. The Bertz CT molecular complexity index is 233. The van der Waals surface area contributed by atoms with Gasteiger partial charge in [-0.1, -0.05) is 0 Å². The Labute approximate surface area is 64.7 Å². The van der Waals surface area contributed by atoms with E-state index in [-0.39, 0.29) is 6.04 Å². The number of hydrogen-bond donors (Lipinski definition) is 1. The van der Waals surface area contributed by atoms with Crippen LogP contribution in [0.5, 0.6) is 0 Å². The van der Waals surface area contributed by atoms with Crippen LogP contribution in [0.15, 0.2) is 9.98 Å². The van der Waals surface area contributed by atoms with Crippen LogP contribution in [-0.4, -0.2) is 35.1 Å². The van der Waals surface area contributed by atoms with Crippen LogP contribution in [0.3, 0.4) is 0 Å². The van der Waals surface area contributed by atoms with Gasteiger partial charge in [-0.2, -0.15) is 0 Å². The van der Waals surface area contributed by atoms with Gasteiger partial charge in [0.05, 0.1) is 6.04 Å². The molecule has 11 heavy (non-hydrogen) atoms. The van der Waals surface area contributed by atoms with Crippen molar-refractivity contribution >= 4 is 17.9 Å². The van der Waals surface area contributed by atoms with Crippen LogP contribution in [0.1, 0.15) is 13.8 Å². The van der Waals surface area contributed by atoms with Crippen LogP contribution in [0, 0.1) is 0 Å². The van der Waals surface area contributed by atoms with Gasteiger partial charge in [0.25, 0.3) is 0 Å². The minimum absolute atomic E-state index is 0.0330. The summed E-state index contributed by atoms with van der Waals surface area (Å²) in [5.41, 5.74) is 0.778. The van der Waals surface area contributed by atoms with Gasteiger partial charge in [-0.05, 0) is 13.8 Å². The molecule has 2 atom stereocenters.